The molecule has 0 aliphatic rings. The van der Waals surface area contributed by atoms with Crippen molar-refractivity contribution in [2.75, 3.05) is 14.2 Å². The van der Waals surface area contributed by atoms with E-state index in [1.807, 2.05) is 0 Å². The maximum atomic E-state index is 10.9. The Bertz CT molecular complexity index is 529. The molecule has 0 unspecified atom stereocenters. The van der Waals surface area contributed by atoms with Gasteiger partial charge < -0.3 is 9.47 Å². The van der Waals surface area contributed by atoms with E-state index < -0.39 is 43.3 Å². The molecule has 0 spiro atoms. The zero-order valence-corrected chi connectivity index (χ0v) is 9.68. The van der Waals surface area contributed by atoms with Crippen LogP contribution in [0.5, 0.6) is 11.5 Å². The van der Waals surface area contributed by atoms with E-state index in [0.717, 1.165) is 20.3 Å². The second-order valence-corrected chi connectivity index (χ2v) is 3.10. The van der Waals surface area contributed by atoms with Gasteiger partial charge in [-0.1, -0.05) is 0 Å². The van der Waals surface area contributed by atoms with Gasteiger partial charge in [-0.2, -0.15) is 0 Å². The largest absolute Gasteiger partial charge is 0.490 e. The van der Waals surface area contributed by atoms with E-state index in [9.17, 15) is 30.3 Å². The van der Waals surface area contributed by atoms with Crippen molar-refractivity contribution in [3.63, 3.8) is 0 Å². The van der Waals surface area contributed by atoms with Gasteiger partial charge in [-0.3, -0.25) is 30.3 Å². The standard InChI is InChI=1S/C8H7N3O8/c1-18-4-3-5(19-2)7(10(14)15)8(11(16)17)6(4)9(12)13/h3H,1-2H3. The lowest BCUT2D eigenvalue weighted by atomic mass is 10.2. The van der Waals surface area contributed by atoms with Crippen LogP contribution in [0.25, 0.3) is 0 Å². The van der Waals surface area contributed by atoms with Crippen molar-refractivity contribution in [2.45, 2.75) is 0 Å². The lowest BCUT2D eigenvalue weighted by Crippen LogP contribution is -2.05. The van der Waals surface area contributed by atoms with Gasteiger partial charge in [-0.15, -0.1) is 0 Å². The summed E-state index contributed by atoms with van der Waals surface area (Å²) in [5.74, 6) is -1.00. The number of hydrogen-bond acceptors (Lipinski definition) is 8. The Morgan fingerprint density at radius 1 is 0.789 bits per heavy atom. The van der Waals surface area contributed by atoms with Gasteiger partial charge in [0.2, 0.25) is 11.5 Å². The van der Waals surface area contributed by atoms with Gasteiger partial charge in [-0.25, -0.2) is 0 Å². The van der Waals surface area contributed by atoms with E-state index in [2.05, 4.69) is 9.47 Å². The molecule has 19 heavy (non-hydrogen) atoms. The molecular weight excluding hydrogens is 266 g/mol. The topological polar surface area (TPSA) is 148 Å². The third-order valence-corrected chi connectivity index (χ3v) is 2.17. The number of nitrogens with zero attached hydrogens (tertiary/aromatic N) is 3. The lowest BCUT2D eigenvalue weighted by Gasteiger charge is -2.06. The molecule has 0 saturated carbocycles. The van der Waals surface area contributed by atoms with E-state index in [1.54, 1.807) is 0 Å². The first-order chi connectivity index (χ1) is 8.84. The Hall–Kier alpha value is -2.98. The smallest absolute Gasteiger partial charge is 0.430 e. The predicted octanol–water partition coefficient (Wildman–Crippen LogP) is 1.43. The van der Waals surface area contributed by atoms with Gasteiger partial charge in [0.25, 0.3) is 0 Å². The highest BCUT2D eigenvalue weighted by Crippen LogP contribution is 2.48. The Balaban J connectivity index is 3.90. The van der Waals surface area contributed by atoms with Crippen molar-refractivity contribution >= 4 is 17.1 Å². The Morgan fingerprint density at radius 2 is 1.11 bits per heavy atom. The number of hydrogen-bond donors (Lipinski definition) is 0. The molecule has 0 fully saturated rings. The first kappa shape index (κ1) is 14.1. The minimum atomic E-state index is -1.29. The summed E-state index contributed by atoms with van der Waals surface area (Å²) in [6, 6.07) is 0.850. The van der Waals surface area contributed by atoms with Crippen molar-refractivity contribution in [1.82, 2.24) is 0 Å². The molecular formula is C8H7N3O8. The van der Waals surface area contributed by atoms with E-state index in [0.29, 0.717) is 0 Å². The molecule has 11 nitrogen and oxygen atoms in total. The summed E-state index contributed by atoms with van der Waals surface area (Å²) in [5, 5.41) is 32.5. The van der Waals surface area contributed by atoms with Crippen molar-refractivity contribution in [3.05, 3.63) is 36.4 Å². The number of benzene rings is 1. The van der Waals surface area contributed by atoms with Crippen LogP contribution in [-0.2, 0) is 0 Å². The van der Waals surface area contributed by atoms with Crippen molar-refractivity contribution in [1.29, 1.82) is 0 Å². The van der Waals surface area contributed by atoms with Gasteiger partial charge in [0.15, 0.2) is 0 Å². The van der Waals surface area contributed by atoms with Crippen LogP contribution >= 0.6 is 0 Å². The van der Waals surface area contributed by atoms with Crippen LogP contribution in [0.1, 0.15) is 0 Å². The van der Waals surface area contributed by atoms with Crippen LogP contribution in [0, 0.1) is 30.3 Å². The van der Waals surface area contributed by atoms with E-state index in [1.165, 1.54) is 0 Å². The van der Waals surface area contributed by atoms with E-state index in [4.69, 9.17) is 0 Å². The molecule has 0 heterocycles. The molecule has 0 saturated heterocycles. The summed E-state index contributed by atoms with van der Waals surface area (Å²) < 4.78 is 9.25. The fraction of sp³-hybridized carbons (Fsp3) is 0.250. The molecule has 0 N–H and O–H groups in total. The maximum Gasteiger partial charge on any atom is 0.430 e. The highest BCUT2D eigenvalue weighted by atomic mass is 16.7. The molecule has 0 atom stereocenters. The van der Waals surface area contributed by atoms with Gasteiger partial charge >= 0.3 is 17.1 Å². The van der Waals surface area contributed by atoms with Crippen LogP contribution in [0.2, 0.25) is 0 Å². The van der Waals surface area contributed by atoms with Crippen LogP contribution in [0.15, 0.2) is 6.07 Å². The highest BCUT2D eigenvalue weighted by Gasteiger charge is 2.43. The summed E-state index contributed by atoms with van der Waals surface area (Å²) >= 11 is 0. The third kappa shape index (κ3) is 2.34. The second kappa shape index (κ2) is 5.12. The molecule has 0 radical (unpaired) electrons. The SMILES string of the molecule is COc1cc(OC)c([N+](=O)[O-])c([N+](=O)[O-])c1[N+](=O)[O-]. The average Bonchev–Trinajstić information content (AvgIpc) is 2.35. The summed E-state index contributed by atoms with van der Waals surface area (Å²) in [7, 11) is 2.08. The Labute approximate surface area is 104 Å². The highest BCUT2D eigenvalue weighted by molar-refractivity contribution is 5.77. The Morgan fingerprint density at radius 3 is 1.32 bits per heavy atom. The average molecular weight is 273 g/mol. The third-order valence-electron chi connectivity index (χ3n) is 2.17. The zero-order valence-electron chi connectivity index (χ0n) is 9.68. The molecule has 102 valence electrons. The number of rotatable bonds is 5. The summed E-state index contributed by atoms with van der Waals surface area (Å²) in [6.45, 7) is 0. The van der Waals surface area contributed by atoms with E-state index in [-0.39, 0.29) is 0 Å². The Kier molecular flexibility index (Phi) is 3.79. The summed E-state index contributed by atoms with van der Waals surface area (Å²) in [5.41, 5.74) is -3.48. The zero-order chi connectivity index (χ0) is 14.7. The first-order valence-electron chi connectivity index (χ1n) is 4.57. The van der Waals surface area contributed by atoms with Gasteiger partial charge in [0, 0.05) is 6.07 Å². The maximum absolute atomic E-state index is 10.9. The molecule has 0 aliphatic heterocycles. The molecule has 11 heteroatoms. The summed E-state index contributed by atoms with van der Waals surface area (Å²) in [6.07, 6.45) is 0. The van der Waals surface area contributed by atoms with Crippen molar-refractivity contribution < 1.29 is 24.2 Å². The van der Waals surface area contributed by atoms with Crippen LogP contribution < -0.4 is 9.47 Å². The first-order valence-corrected chi connectivity index (χ1v) is 4.57. The van der Waals surface area contributed by atoms with Crippen molar-refractivity contribution in [3.8, 4) is 11.5 Å². The predicted molar refractivity (Wildman–Crippen MR) is 59.5 cm³/mol. The van der Waals surface area contributed by atoms with Gasteiger partial charge in [0.1, 0.15) is 0 Å². The molecule has 0 aliphatic carbocycles. The summed E-state index contributed by atoms with van der Waals surface area (Å²) in [4.78, 5) is 29.1. The number of methoxy groups -OCH3 is 2. The van der Waals surface area contributed by atoms with Gasteiger partial charge in [0.05, 0.1) is 29.0 Å². The normalized spacial score (nSPS) is 9.79. The van der Waals surface area contributed by atoms with Gasteiger partial charge in [-0.05, 0) is 0 Å². The number of nitro groups is 3. The fourth-order valence-electron chi connectivity index (χ4n) is 1.44. The van der Waals surface area contributed by atoms with Crippen LogP contribution in [-0.4, -0.2) is 29.0 Å². The second-order valence-electron chi connectivity index (χ2n) is 3.10. The molecule has 0 aromatic heterocycles. The van der Waals surface area contributed by atoms with Crippen LogP contribution in [0.4, 0.5) is 17.1 Å². The molecule has 0 bridgehead atoms. The molecule has 1 rings (SSSR count). The lowest BCUT2D eigenvalue weighted by molar-refractivity contribution is -0.441. The molecule has 1 aromatic carbocycles. The van der Waals surface area contributed by atoms with E-state index >= 15 is 0 Å². The van der Waals surface area contributed by atoms with Crippen molar-refractivity contribution in [2.24, 2.45) is 0 Å². The quantitative estimate of drug-likeness (QED) is 0.577. The minimum absolute atomic E-state index is 0.501. The number of nitro benzene ring substituents is 3. The molecule has 0 amide bonds. The minimum Gasteiger partial charge on any atom is -0.490 e. The van der Waals surface area contributed by atoms with Crippen LogP contribution in [0.3, 0.4) is 0 Å². The fourth-order valence-corrected chi connectivity index (χ4v) is 1.44. The molecule has 1 aromatic rings. The monoisotopic (exact) mass is 273 g/mol. The number of ether oxygens (including phenoxy) is 2.